The quantitative estimate of drug-likeness (QED) is 0.358. The first kappa shape index (κ1) is 25.8. The Labute approximate surface area is 215 Å². The first-order chi connectivity index (χ1) is 17.0. The van der Waals surface area contributed by atoms with Gasteiger partial charge in [0.15, 0.2) is 0 Å². The van der Waals surface area contributed by atoms with Gasteiger partial charge >= 0.3 is 5.97 Å². The number of piperidine rings is 1. The molecule has 0 bridgehead atoms. The van der Waals surface area contributed by atoms with E-state index in [1.165, 1.54) is 11.3 Å². The Morgan fingerprint density at radius 1 is 1.08 bits per heavy atom. The zero-order valence-electron chi connectivity index (χ0n) is 21.0. The normalized spacial score (nSPS) is 17.8. The first-order valence-corrected chi connectivity index (χ1v) is 12.9. The minimum atomic E-state index is -1.07. The van der Waals surface area contributed by atoms with Gasteiger partial charge in [-0.3, -0.25) is 4.79 Å². The van der Waals surface area contributed by atoms with Crippen LogP contribution in [0.15, 0.2) is 54.7 Å². The van der Waals surface area contributed by atoms with E-state index >= 15 is 0 Å². The molecule has 1 aliphatic heterocycles. The molecule has 3 aromatic rings. The van der Waals surface area contributed by atoms with E-state index in [1.54, 1.807) is 12.3 Å². The summed E-state index contributed by atoms with van der Waals surface area (Å²) < 4.78 is 0. The van der Waals surface area contributed by atoms with Gasteiger partial charge in [-0.25, -0.2) is 14.8 Å². The van der Waals surface area contributed by atoms with Crippen LogP contribution in [-0.4, -0.2) is 50.1 Å². The average Bonchev–Trinajstić information content (AvgIpc) is 3.28. The number of nitrogens with one attached hydrogen (secondary N) is 3. The molecule has 190 valence electrons. The number of hydrogen-bond acceptors (Lipinski definition) is 7. The van der Waals surface area contributed by atoms with Crippen molar-refractivity contribution in [2.45, 2.75) is 70.1 Å². The Hall–Kier alpha value is -3.30. The molecule has 1 atom stereocenters. The Morgan fingerprint density at radius 2 is 1.78 bits per heavy atom. The molecular weight excluding hydrogens is 474 g/mol. The van der Waals surface area contributed by atoms with E-state index < -0.39 is 17.9 Å². The van der Waals surface area contributed by atoms with Crippen LogP contribution in [0.4, 0.5) is 5.95 Å². The fourth-order valence-corrected chi connectivity index (χ4v) is 5.93. The maximum Gasteiger partial charge on any atom is 0.326 e. The number of hydrogen-bond donors (Lipinski definition) is 4. The highest BCUT2D eigenvalue weighted by Gasteiger charge is 2.37. The van der Waals surface area contributed by atoms with Gasteiger partial charge in [0, 0.05) is 29.7 Å². The second-order valence-electron chi connectivity index (χ2n) is 10.6. The van der Waals surface area contributed by atoms with E-state index in [1.807, 2.05) is 42.5 Å². The standard InChI is InChI=1S/C27H33N5O3S/c1-26(2)15-18(16-27(3,4)32-26)29-25-28-13-12-19(31-25)21-10-11-22(36-21)23(33)30-20(24(34)35)14-17-8-6-5-7-9-17/h5-13,18,20,32H,14-16H2,1-4H3,(H,30,33)(H,34,35)(H,28,29,31). The van der Waals surface area contributed by atoms with Crippen LogP contribution in [0.5, 0.6) is 0 Å². The topological polar surface area (TPSA) is 116 Å². The van der Waals surface area contributed by atoms with E-state index in [4.69, 9.17) is 4.98 Å². The highest BCUT2D eigenvalue weighted by molar-refractivity contribution is 7.17. The Balaban J connectivity index is 1.44. The Kier molecular flexibility index (Phi) is 7.42. The van der Waals surface area contributed by atoms with Gasteiger partial charge in [-0.1, -0.05) is 30.3 Å². The predicted octanol–water partition coefficient (Wildman–Crippen LogP) is 4.35. The van der Waals surface area contributed by atoms with Crippen LogP contribution in [0.25, 0.3) is 10.6 Å². The van der Waals surface area contributed by atoms with E-state index in [2.05, 4.69) is 48.6 Å². The number of aromatic nitrogens is 2. The maximum absolute atomic E-state index is 12.8. The molecule has 4 rings (SSSR count). The third kappa shape index (κ3) is 6.67. The smallest absolute Gasteiger partial charge is 0.326 e. The molecule has 8 nitrogen and oxygen atoms in total. The molecule has 0 spiro atoms. The van der Waals surface area contributed by atoms with Crippen molar-refractivity contribution < 1.29 is 14.7 Å². The molecule has 2 aromatic heterocycles. The van der Waals surface area contributed by atoms with Crippen molar-refractivity contribution in [3.8, 4) is 10.6 Å². The minimum absolute atomic E-state index is 0.00135. The molecular formula is C27H33N5O3S. The summed E-state index contributed by atoms with van der Waals surface area (Å²) >= 11 is 1.28. The van der Waals surface area contributed by atoms with Crippen molar-refractivity contribution in [1.82, 2.24) is 20.6 Å². The number of carboxylic acid groups (broad SMARTS) is 1. The summed E-state index contributed by atoms with van der Waals surface area (Å²) in [4.78, 5) is 34.9. The minimum Gasteiger partial charge on any atom is -0.480 e. The molecule has 1 aliphatic rings. The number of carboxylic acids is 1. The highest BCUT2D eigenvalue weighted by Crippen LogP contribution is 2.31. The van der Waals surface area contributed by atoms with Gasteiger partial charge in [0.25, 0.3) is 5.91 Å². The largest absolute Gasteiger partial charge is 0.480 e. The first-order valence-electron chi connectivity index (χ1n) is 12.1. The number of carbonyl (C=O) groups excluding carboxylic acids is 1. The molecule has 1 aromatic carbocycles. The van der Waals surface area contributed by atoms with Gasteiger partial charge in [0.1, 0.15) is 6.04 Å². The van der Waals surface area contributed by atoms with Gasteiger partial charge in [-0.05, 0) is 64.3 Å². The van der Waals surface area contributed by atoms with Crippen LogP contribution >= 0.6 is 11.3 Å². The van der Waals surface area contributed by atoms with Crippen molar-refractivity contribution in [2.75, 3.05) is 5.32 Å². The van der Waals surface area contributed by atoms with E-state index in [0.29, 0.717) is 16.5 Å². The zero-order valence-corrected chi connectivity index (χ0v) is 21.9. The van der Waals surface area contributed by atoms with Crippen molar-refractivity contribution in [3.63, 3.8) is 0 Å². The lowest BCUT2D eigenvalue weighted by atomic mass is 9.80. The summed E-state index contributed by atoms with van der Waals surface area (Å²) in [6, 6.07) is 13.8. The lowest BCUT2D eigenvalue weighted by Gasteiger charge is -2.46. The van der Waals surface area contributed by atoms with Gasteiger partial charge in [-0.15, -0.1) is 11.3 Å². The molecule has 1 saturated heterocycles. The molecule has 1 amide bonds. The monoisotopic (exact) mass is 507 g/mol. The molecule has 3 heterocycles. The van der Waals surface area contributed by atoms with Gasteiger partial charge in [-0.2, -0.15) is 0 Å². The molecule has 1 fully saturated rings. The molecule has 36 heavy (non-hydrogen) atoms. The number of rotatable bonds is 8. The average molecular weight is 508 g/mol. The van der Waals surface area contributed by atoms with E-state index in [-0.39, 0.29) is 23.5 Å². The lowest BCUT2D eigenvalue weighted by molar-refractivity contribution is -0.139. The second kappa shape index (κ2) is 10.4. The van der Waals surface area contributed by atoms with Crippen molar-refractivity contribution in [1.29, 1.82) is 0 Å². The highest BCUT2D eigenvalue weighted by atomic mass is 32.1. The van der Waals surface area contributed by atoms with Gasteiger partial charge in [0.2, 0.25) is 5.95 Å². The third-order valence-corrected chi connectivity index (χ3v) is 7.25. The van der Waals surface area contributed by atoms with Crippen LogP contribution in [0, 0.1) is 0 Å². The molecule has 1 unspecified atom stereocenters. The SMILES string of the molecule is CC1(C)CC(Nc2nccc(-c3ccc(C(=O)NC(Cc4ccccc4)C(=O)O)s3)n2)CC(C)(C)N1. The Morgan fingerprint density at radius 3 is 2.44 bits per heavy atom. The van der Waals surface area contributed by atoms with Crippen LogP contribution < -0.4 is 16.0 Å². The summed E-state index contributed by atoms with van der Waals surface area (Å²) in [6.07, 6.45) is 3.81. The third-order valence-electron chi connectivity index (χ3n) is 6.15. The van der Waals surface area contributed by atoms with E-state index in [0.717, 1.165) is 23.3 Å². The van der Waals surface area contributed by atoms with Crippen LogP contribution in [0.1, 0.15) is 55.8 Å². The van der Waals surface area contributed by atoms with E-state index in [9.17, 15) is 14.7 Å². The number of nitrogens with zero attached hydrogens (tertiary/aromatic N) is 2. The van der Waals surface area contributed by atoms with Crippen molar-refractivity contribution >= 4 is 29.2 Å². The van der Waals surface area contributed by atoms with Crippen molar-refractivity contribution in [3.05, 3.63) is 65.2 Å². The van der Waals surface area contributed by atoms with Gasteiger partial charge < -0.3 is 21.1 Å². The number of carbonyl (C=O) groups is 2. The number of benzene rings is 1. The number of amides is 1. The number of thiophene rings is 1. The van der Waals surface area contributed by atoms with Gasteiger partial charge in [0.05, 0.1) is 15.4 Å². The predicted molar refractivity (Wildman–Crippen MR) is 142 cm³/mol. The lowest BCUT2D eigenvalue weighted by Crippen LogP contribution is -2.60. The summed E-state index contributed by atoms with van der Waals surface area (Å²) in [5.41, 5.74) is 1.56. The van der Waals surface area contributed by atoms with Crippen molar-refractivity contribution in [2.24, 2.45) is 0 Å². The number of aliphatic carboxylic acids is 1. The van der Waals surface area contributed by atoms with Crippen LogP contribution in [0.3, 0.4) is 0 Å². The summed E-state index contributed by atoms with van der Waals surface area (Å²) in [6.45, 7) is 8.81. The van der Waals surface area contributed by atoms with Crippen LogP contribution in [0.2, 0.25) is 0 Å². The molecule has 0 radical (unpaired) electrons. The second-order valence-corrected chi connectivity index (χ2v) is 11.7. The summed E-state index contributed by atoms with van der Waals surface area (Å²) in [5.74, 6) is -0.930. The summed E-state index contributed by atoms with van der Waals surface area (Å²) in [7, 11) is 0. The maximum atomic E-state index is 12.8. The van der Waals surface area contributed by atoms with Crippen LogP contribution in [-0.2, 0) is 11.2 Å². The fourth-order valence-electron chi connectivity index (χ4n) is 5.05. The molecule has 4 N–H and O–H groups in total. The number of anilines is 1. The Bertz CT molecular complexity index is 1210. The zero-order chi connectivity index (χ0) is 25.9. The summed E-state index contributed by atoms with van der Waals surface area (Å²) in [5, 5.41) is 19.4. The molecule has 0 saturated carbocycles. The molecule has 0 aliphatic carbocycles. The molecule has 9 heteroatoms. The fraction of sp³-hybridized carbons (Fsp3) is 0.407.